The molecule has 0 aliphatic carbocycles. The Morgan fingerprint density at radius 3 is 3.18 bits per heavy atom. The molecule has 3 heterocycles. The van der Waals surface area contributed by atoms with Gasteiger partial charge in [0.15, 0.2) is 0 Å². The van der Waals surface area contributed by atoms with Crippen molar-refractivity contribution >= 4 is 5.91 Å². The molecule has 2 aliphatic rings. The minimum absolute atomic E-state index is 0.104. The normalized spacial score (nSPS) is 27.2. The Labute approximate surface area is 98.8 Å². The molecule has 0 unspecified atom stereocenters. The summed E-state index contributed by atoms with van der Waals surface area (Å²) in [5.74, 6) is -0.00943. The van der Waals surface area contributed by atoms with Crippen molar-refractivity contribution in [3.8, 4) is 0 Å². The van der Waals surface area contributed by atoms with E-state index in [4.69, 9.17) is 0 Å². The van der Waals surface area contributed by atoms with Crippen molar-refractivity contribution in [2.45, 2.75) is 12.5 Å². The molecular formula is C12H14FN3O. The third-order valence-corrected chi connectivity index (χ3v) is 3.66. The average molecular weight is 235 g/mol. The number of nitrogens with zero attached hydrogens (tertiary/aromatic N) is 2. The van der Waals surface area contributed by atoms with E-state index in [1.807, 2.05) is 4.90 Å². The summed E-state index contributed by atoms with van der Waals surface area (Å²) in [7, 11) is 0. The Morgan fingerprint density at radius 2 is 2.35 bits per heavy atom. The molecule has 0 spiro atoms. The van der Waals surface area contributed by atoms with E-state index in [1.54, 1.807) is 0 Å². The fraction of sp³-hybridized carbons (Fsp3) is 0.500. The predicted octanol–water partition coefficient (Wildman–Crippen LogP) is 0.655. The number of halogens is 1. The number of carbonyl (C=O) groups excluding carboxylic acids is 1. The highest BCUT2D eigenvalue weighted by Gasteiger charge is 2.40. The van der Waals surface area contributed by atoms with Crippen LogP contribution in [0.25, 0.3) is 0 Å². The largest absolute Gasteiger partial charge is 0.334 e. The SMILES string of the molecule is O=C(c1cncc(F)c1)N1CC[C@H]2CNC[C@H]21. The molecule has 0 bridgehead atoms. The molecule has 17 heavy (non-hydrogen) atoms. The van der Waals surface area contributed by atoms with E-state index in [0.717, 1.165) is 32.3 Å². The second-order valence-electron chi connectivity index (χ2n) is 4.66. The first-order valence-corrected chi connectivity index (χ1v) is 5.88. The lowest BCUT2D eigenvalue weighted by atomic mass is 10.1. The topological polar surface area (TPSA) is 45.2 Å². The molecule has 1 amide bonds. The van der Waals surface area contributed by atoms with Gasteiger partial charge in [-0.3, -0.25) is 9.78 Å². The van der Waals surface area contributed by atoms with Crippen LogP contribution in [-0.2, 0) is 0 Å². The van der Waals surface area contributed by atoms with Gasteiger partial charge in [-0.2, -0.15) is 0 Å². The zero-order valence-corrected chi connectivity index (χ0v) is 9.40. The highest BCUT2D eigenvalue weighted by molar-refractivity contribution is 5.94. The van der Waals surface area contributed by atoms with Crippen LogP contribution >= 0.6 is 0 Å². The maximum Gasteiger partial charge on any atom is 0.255 e. The maximum absolute atomic E-state index is 13.0. The number of hydrogen-bond donors (Lipinski definition) is 1. The van der Waals surface area contributed by atoms with Crippen LogP contribution in [0.2, 0.25) is 0 Å². The zero-order chi connectivity index (χ0) is 11.8. The van der Waals surface area contributed by atoms with Crippen LogP contribution < -0.4 is 5.32 Å². The van der Waals surface area contributed by atoms with Gasteiger partial charge in [0.25, 0.3) is 5.91 Å². The first-order chi connectivity index (χ1) is 8.25. The average Bonchev–Trinajstić information content (AvgIpc) is 2.89. The lowest BCUT2D eigenvalue weighted by molar-refractivity contribution is 0.0736. The maximum atomic E-state index is 13.0. The zero-order valence-electron chi connectivity index (χ0n) is 9.40. The van der Waals surface area contributed by atoms with Crippen molar-refractivity contribution in [2.24, 2.45) is 5.92 Å². The summed E-state index contributed by atoms with van der Waals surface area (Å²) in [5, 5.41) is 3.29. The number of carbonyl (C=O) groups is 1. The molecule has 2 aliphatic heterocycles. The van der Waals surface area contributed by atoms with Crippen LogP contribution in [0.5, 0.6) is 0 Å². The highest BCUT2D eigenvalue weighted by Crippen LogP contribution is 2.28. The van der Waals surface area contributed by atoms with E-state index < -0.39 is 5.82 Å². The molecule has 4 nitrogen and oxygen atoms in total. The molecule has 5 heteroatoms. The number of aromatic nitrogens is 1. The highest BCUT2D eigenvalue weighted by atomic mass is 19.1. The molecular weight excluding hydrogens is 221 g/mol. The number of amides is 1. The molecule has 1 N–H and O–H groups in total. The predicted molar refractivity (Wildman–Crippen MR) is 60.0 cm³/mol. The molecule has 0 radical (unpaired) electrons. The summed E-state index contributed by atoms with van der Waals surface area (Å²) >= 11 is 0. The van der Waals surface area contributed by atoms with Crippen LogP contribution in [0.3, 0.4) is 0 Å². The lowest BCUT2D eigenvalue weighted by Gasteiger charge is -2.23. The molecule has 1 aromatic rings. The number of nitrogens with one attached hydrogen (secondary N) is 1. The molecule has 3 rings (SSSR count). The molecule has 0 saturated carbocycles. The van der Waals surface area contributed by atoms with Crippen LogP contribution in [0, 0.1) is 11.7 Å². The number of likely N-dealkylation sites (tertiary alicyclic amines) is 1. The number of pyridine rings is 1. The fourth-order valence-electron chi connectivity index (χ4n) is 2.80. The molecule has 1 aromatic heterocycles. The Kier molecular flexibility index (Phi) is 2.55. The lowest BCUT2D eigenvalue weighted by Crippen LogP contribution is -2.39. The summed E-state index contributed by atoms with van der Waals surface area (Å²) in [6, 6.07) is 1.52. The second-order valence-corrected chi connectivity index (χ2v) is 4.66. The third-order valence-electron chi connectivity index (χ3n) is 3.66. The van der Waals surface area contributed by atoms with Crippen molar-refractivity contribution in [3.63, 3.8) is 0 Å². The van der Waals surface area contributed by atoms with E-state index in [-0.39, 0.29) is 11.9 Å². The first kappa shape index (κ1) is 10.7. The van der Waals surface area contributed by atoms with E-state index in [1.165, 1.54) is 12.3 Å². The molecule has 90 valence electrons. The molecule has 2 saturated heterocycles. The Hall–Kier alpha value is -1.49. The van der Waals surface area contributed by atoms with Gasteiger partial charge in [-0.05, 0) is 18.4 Å². The Balaban J connectivity index is 1.83. The van der Waals surface area contributed by atoms with Gasteiger partial charge >= 0.3 is 0 Å². The smallest absolute Gasteiger partial charge is 0.255 e. The summed E-state index contributed by atoms with van der Waals surface area (Å²) in [6.07, 6.45) is 3.58. The summed E-state index contributed by atoms with van der Waals surface area (Å²) in [5.41, 5.74) is 0.345. The van der Waals surface area contributed by atoms with E-state index >= 15 is 0 Å². The number of hydrogen-bond acceptors (Lipinski definition) is 3. The molecule has 2 atom stereocenters. The van der Waals surface area contributed by atoms with Crippen LogP contribution in [0.1, 0.15) is 16.8 Å². The first-order valence-electron chi connectivity index (χ1n) is 5.88. The van der Waals surface area contributed by atoms with Gasteiger partial charge in [-0.1, -0.05) is 0 Å². The van der Waals surface area contributed by atoms with Gasteiger partial charge < -0.3 is 10.2 Å². The quantitative estimate of drug-likeness (QED) is 0.777. The number of rotatable bonds is 1. The molecule has 2 fully saturated rings. The Morgan fingerprint density at radius 1 is 1.47 bits per heavy atom. The van der Waals surface area contributed by atoms with Gasteiger partial charge in [0.05, 0.1) is 11.8 Å². The Bertz CT molecular complexity index is 451. The van der Waals surface area contributed by atoms with Gasteiger partial charge in [0.2, 0.25) is 0 Å². The van der Waals surface area contributed by atoms with Crippen molar-refractivity contribution < 1.29 is 9.18 Å². The molecule has 0 aromatic carbocycles. The van der Waals surface area contributed by atoms with Crippen molar-refractivity contribution in [1.82, 2.24) is 15.2 Å². The number of fused-ring (bicyclic) bond motifs is 1. The van der Waals surface area contributed by atoms with Crippen molar-refractivity contribution in [1.29, 1.82) is 0 Å². The van der Waals surface area contributed by atoms with Crippen molar-refractivity contribution in [3.05, 3.63) is 29.8 Å². The van der Waals surface area contributed by atoms with E-state index in [2.05, 4.69) is 10.3 Å². The van der Waals surface area contributed by atoms with Gasteiger partial charge in [-0.25, -0.2) is 4.39 Å². The standard InChI is InChI=1S/C12H14FN3O/c13-10-3-9(5-14-6-10)12(17)16-2-1-8-4-15-7-11(8)16/h3,5-6,8,11,15H,1-2,4,7H2/t8-,11+/m0/s1. The van der Waals surface area contributed by atoms with Gasteiger partial charge in [0, 0.05) is 31.9 Å². The van der Waals surface area contributed by atoms with Gasteiger partial charge in [-0.15, -0.1) is 0 Å². The second kappa shape index (κ2) is 4.07. The summed E-state index contributed by atoms with van der Waals surface area (Å²) < 4.78 is 13.0. The third kappa shape index (κ3) is 1.80. The monoisotopic (exact) mass is 235 g/mol. The summed E-state index contributed by atoms with van der Waals surface area (Å²) in [6.45, 7) is 2.60. The van der Waals surface area contributed by atoms with Crippen LogP contribution in [0.15, 0.2) is 18.5 Å². The van der Waals surface area contributed by atoms with Crippen LogP contribution in [0.4, 0.5) is 4.39 Å². The van der Waals surface area contributed by atoms with E-state index in [0.29, 0.717) is 11.5 Å². The summed E-state index contributed by atoms with van der Waals surface area (Å²) in [4.78, 5) is 17.8. The fourth-order valence-corrected chi connectivity index (χ4v) is 2.80. The van der Waals surface area contributed by atoms with Crippen molar-refractivity contribution in [2.75, 3.05) is 19.6 Å². The minimum atomic E-state index is -0.462. The minimum Gasteiger partial charge on any atom is -0.334 e. The van der Waals surface area contributed by atoms with Crippen LogP contribution in [-0.4, -0.2) is 41.5 Å². The van der Waals surface area contributed by atoms with Gasteiger partial charge in [0.1, 0.15) is 5.82 Å². The van der Waals surface area contributed by atoms with E-state index in [9.17, 15) is 9.18 Å².